The number of hydrogen-bond acceptors (Lipinski definition) is 6. The molecule has 0 saturated carbocycles. The van der Waals surface area contributed by atoms with E-state index in [9.17, 15) is 0 Å². The third-order valence-electron chi connectivity index (χ3n) is 2.43. The molecule has 0 aliphatic heterocycles. The van der Waals surface area contributed by atoms with Gasteiger partial charge in [-0.05, 0) is 50.1 Å². The average Bonchev–Trinajstić information content (AvgIpc) is 2.39. The summed E-state index contributed by atoms with van der Waals surface area (Å²) in [7, 11) is 0. The van der Waals surface area contributed by atoms with Crippen molar-refractivity contribution in [3.05, 3.63) is 34.6 Å². The van der Waals surface area contributed by atoms with E-state index < -0.39 is 0 Å². The molecule has 1 aromatic carbocycles. The smallest absolute Gasteiger partial charge is 0.329 e. The number of rotatable bonds is 4. The largest absolute Gasteiger partial charge is 0.461 e. The van der Waals surface area contributed by atoms with Crippen LogP contribution in [0.15, 0.2) is 18.2 Å². The Bertz CT molecular complexity index is 698. The number of aromatic nitrogens is 3. The molecule has 0 amide bonds. The molecule has 0 spiro atoms. The third-order valence-corrected chi connectivity index (χ3v) is 2.60. The maximum absolute atomic E-state index is 8.92. The van der Waals surface area contributed by atoms with Gasteiger partial charge in [0.05, 0.1) is 17.7 Å². The van der Waals surface area contributed by atoms with Crippen molar-refractivity contribution in [2.24, 2.45) is 0 Å². The molecule has 0 aliphatic rings. The first-order valence-electron chi connectivity index (χ1n) is 6.25. The topological polar surface area (TPSA) is 80.9 Å². The van der Waals surface area contributed by atoms with Crippen LogP contribution in [0, 0.1) is 18.3 Å². The molecule has 0 saturated heterocycles. The highest BCUT2D eigenvalue weighted by Gasteiger charge is 2.11. The van der Waals surface area contributed by atoms with E-state index in [1.807, 2.05) is 26.8 Å². The van der Waals surface area contributed by atoms with Gasteiger partial charge in [-0.25, -0.2) is 0 Å². The average molecular weight is 305 g/mol. The van der Waals surface area contributed by atoms with Crippen molar-refractivity contribution < 1.29 is 9.47 Å². The van der Waals surface area contributed by atoms with Gasteiger partial charge >= 0.3 is 12.0 Å². The fourth-order valence-corrected chi connectivity index (χ4v) is 1.65. The molecule has 1 heterocycles. The zero-order valence-electron chi connectivity index (χ0n) is 11.8. The van der Waals surface area contributed by atoms with Crippen LogP contribution in [-0.4, -0.2) is 21.1 Å². The Kier molecular flexibility index (Phi) is 4.55. The minimum absolute atomic E-state index is 0.0174. The van der Waals surface area contributed by atoms with Gasteiger partial charge in [0.25, 0.3) is 0 Å². The van der Waals surface area contributed by atoms with Crippen LogP contribution in [0.3, 0.4) is 0 Å². The number of aryl methyl sites for hydroxylation is 1. The summed E-state index contributed by atoms with van der Waals surface area (Å²) in [6.07, 6.45) is -0.0973. The van der Waals surface area contributed by atoms with Crippen molar-refractivity contribution in [3.63, 3.8) is 0 Å². The molecule has 0 aliphatic carbocycles. The van der Waals surface area contributed by atoms with Gasteiger partial charge in [0.1, 0.15) is 5.75 Å². The zero-order chi connectivity index (χ0) is 15.4. The maximum Gasteiger partial charge on any atom is 0.329 e. The Morgan fingerprint density at radius 1 is 1.19 bits per heavy atom. The molecule has 0 fully saturated rings. The second-order valence-electron chi connectivity index (χ2n) is 4.53. The third kappa shape index (κ3) is 4.04. The number of hydrogen-bond donors (Lipinski definition) is 0. The number of halogens is 1. The molecule has 0 bridgehead atoms. The maximum atomic E-state index is 8.92. The standard InChI is InChI=1S/C14H13ClN4O2/c1-8(2)20-13-17-12(15)18-14(19-13)21-11-6-10(7-16)5-4-9(11)3/h4-6,8H,1-3H3. The zero-order valence-corrected chi connectivity index (χ0v) is 12.5. The summed E-state index contributed by atoms with van der Waals surface area (Å²) in [5, 5.41) is 8.90. The lowest BCUT2D eigenvalue weighted by Crippen LogP contribution is -2.09. The SMILES string of the molecule is Cc1ccc(C#N)cc1Oc1nc(Cl)nc(OC(C)C)n1. The van der Waals surface area contributed by atoms with Gasteiger partial charge in [-0.2, -0.15) is 15.2 Å². The summed E-state index contributed by atoms with van der Waals surface area (Å²) in [6, 6.07) is 7.25. The van der Waals surface area contributed by atoms with E-state index in [-0.39, 0.29) is 23.4 Å². The molecule has 108 valence electrons. The highest BCUT2D eigenvalue weighted by atomic mass is 35.5. The van der Waals surface area contributed by atoms with Crippen LogP contribution >= 0.6 is 11.6 Å². The summed E-state index contributed by atoms with van der Waals surface area (Å²) in [4.78, 5) is 11.8. The Morgan fingerprint density at radius 2 is 1.90 bits per heavy atom. The summed E-state index contributed by atoms with van der Waals surface area (Å²) in [5.41, 5.74) is 1.33. The highest BCUT2D eigenvalue weighted by Crippen LogP contribution is 2.25. The highest BCUT2D eigenvalue weighted by molar-refractivity contribution is 6.28. The lowest BCUT2D eigenvalue weighted by atomic mass is 10.1. The Balaban J connectivity index is 2.31. The number of nitrogens with zero attached hydrogens (tertiary/aromatic N) is 4. The molecule has 2 rings (SSSR count). The van der Waals surface area contributed by atoms with Crippen molar-refractivity contribution in [1.82, 2.24) is 15.0 Å². The van der Waals surface area contributed by atoms with E-state index in [2.05, 4.69) is 15.0 Å². The van der Waals surface area contributed by atoms with Crippen molar-refractivity contribution >= 4 is 11.6 Å². The van der Waals surface area contributed by atoms with Crippen LogP contribution in [0.2, 0.25) is 5.28 Å². The van der Waals surface area contributed by atoms with Crippen LogP contribution in [0.4, 0.5) is 0 Å². The van der Waals surface area contributed by atoms with E-state index >= 15 is 0 Å². The van der Waals surface area contributed by atoms with E-state index in [4.69, 9.17) is 26.3 Å². The normalized spacial score (nSPS) is 10.3. The minimum atomic E-state index is -0.0973. The van der Waals surface area contributed by atoms with Gasteiger partial charge in [0, 0.05) is 0 Å². The van der Waals surface area contributed by atoms with Crippen molar-refractivity contribution in [2.45, 2.75) is 26.9 Å². The molecule has 1 aromatic heterocycles. The van der Waals surface area contributed by atoms with Crippen LogP contribution < -0.4 is 9.47 Å². The summed E-state index contributed by atoms with van der Waals surface area (Å²) in [6.45, 7) is 5.54. The van der Waals surface area contributed by atoms with E-state index in [0.717, 1.165) is 5.56 Å². The summed E-state index contributed by atoms with van der Waals surface area (Å²) in [5.74, 6) is 0.479. The van der Waals surface area contributed by atoms with Crippen LogP contribution in [-0.2, 0) is 0 Å². The monoisotopic (exact) mass is 304 g/mol. The van der Waals surface area contributed by atoms with Crippen LogP contribution in [0.1, 0.15) is 25.0 Å². The lowest BCUT2D eigenvalue weighted by molar-refractivity contribution is 0.218. The first-order chi connectivity index (χ1) is 9.97. The lowest BCUT2D eigenvalue weighted by Gasteiger charge is -2.10. The Hall–Kier alpha value is -2.39. The van der Waals surface area contributed by atoms with Gasteiger partial charge in [-0.3, -0.25) is 0 Å². The van der Waals surface area contributed by atoms with Gasteiger partial charge in [0.2, 0.25) is 5.28 Å². The summed E-state index contributed by atoms with van der Waals surface area (Å²) < 4.78 is 10.9. The molecule has 7 heteroatoms. The van der Waals surface area contributed by atoms with Gasteiger partial charge < -0.3 is 9.47 Å². The molecule has 0 N–H and O–H groups in total. The van der Waals surface area contributed by atoms with E-state index in [1.165, 1.54) is 0 Å². The van der Waals surface area contributed by atoms with Gasteiger partial charge in [0.15, 0.2) is 0 Å². The molecular weight excluding hydrogens is 292 g/mol. The van der Waals surface area contributed by atoms with Crippen LogP contribution in [0.25, 0.3) is 0 Å². The number of ether oxygens (including phenoxy) is 2. The van der Waals surface area contributed by atoms with Gasteiger partial charge in [-0.15, -0.1) is 4.98 Å². The van der Waals surface area contributed by atoms with E-state index in [0.29, 0.717) is 11.3 Å². The molecule has 21 heavy (non-hydrogen) atoms. The molecule has 6 nitrogen and oxygen atoms in total. The molecular formula is C14H13ClN4O2. The van der Waals surface area contributed by atoms with Crippen LogP contribution in [0.5, 0.6) is 17.8 Å². The quantitative estimate of drug-likeness (QED) is 0.862. The fourth-order valence-electron chi connectivity index (χ4n) is 1.50. The van der Waals surface area contributed by atoms with Crippen molar-refractivity contribution in [1.29, 1.82) is 5.26 Å². The van der Waals surface area contributed by atoms with Crippen molar-refractivity contribution in [3.8, 4) is 23.8 Å². The second kappa shape index (κ2) is 6.37. The molecule has 2 aromatic rings. The number of nitriles is 1. The molecule has 0 unspecified atom stereocenters. The fraction of sp³-hybridized carbons (Fsp3) is 0.286. The van der Waals surface area contributed by atoms with Gasteiger partial charge in [-0.1, -0.05) is 6.07 Å². The minimum Gasteiger partial charge on any atom is -0.461 e. The number of benzene rings is 1. The Morgan fingerprint density at radius 3 is 2.57 bits per heavy atom. The predicted molar refractivity (Wildman–Crippen MR) is 76.6 cm³/mol. The molecule has 0 radical (unpaired) electrons. The Labute approximate surface area is 127 Å². The first kappa shape index (κ1) is 15.0. The summed E-state index contributed by atoms with van der Waals surface area (Å²) >= 11 is 5.82. The second-order valence-corrected chi connectivity index (χ2v) is 4.87. The van der Waals surface area contributed by atoms with E-state index in [1.54, 1.807) is 18.2 Å². The first-order valence-corrected chi connectivity index (χ1v) is 6.62. The molecule has 0 atom stereocenters. The predicted octanol–water partition coefficient (Wildman–Crippen LogP) is 3.28. The van der Waals surface area contributed by atoms with Crippen molar-refractivity contribution in [2.75, 3.05) is 0 Å².